The Kier molecular flexibility index (Phi) is 4.20. The highest BCUT2D eigenvalue weighted by molar-refractivity contribution is 7.07. The van der Waals surface area contributed by atoms with Gasteiger partial charge in [0.25, 0.3) is 0 Å². The summed E-state index contributed by atoms with van der Waals surface area (Å²) in [7, 11) is 0. The molecule has 2 aromatic carbocycles. The summed E-state index contributed by atoms with van der Waals surface area (Å²) in [6.45, 7) is 2.37. The maximum absolute atomic E-state index is 13.5. The summed E-state index contributed by atoms with van der Waals surface area (Å²) in [6.07, 6.45) is 1.99. The third-order valence-electron chi connectivity index (χ3n) is 5.40. The number of carbonyl (C=O) groups excluding carboxylic acids is 1. The summed E-state index contributed by atoms with van der Waals surface area (Å²) in [4.78, 5) is 24.6. The number of amides is 1. The average Bonchev–Trinajstić information content (AvgIpc) is 3.36. The van der Waals surface area contributed by atoms with Gasteiger partial charge in [0.1, 0.15) is 12.2 Å². The molecule has 4 aromatic rings. The van der Waals surface area contributed by atoms with Gasteiger partial charge in [-0.15, -0.1) is 11.3 Å². The van der Waals surface area contributed by atoms with Crippen molar-refractivity contribution in [3.8, 4) is 11.5 Å². The Morgan fingerprint density at radius 2 is 2.00 bits per heavy atom. The van der Waals surface area contributed by atoms with E-state index in [1.54, 1.807) is 5.51 Å². The first kappa shape index (κ1) is 17.1. The number of carbonyl (C=O) groups is 1. The predicted octanol–water partition coefficient (Wildman–Crippen LogP) is 4.53. The van der Waals surface area contributed by atoms with Gasteiger partial charge < -0.3 is 9.47 Å². The molecule has 1 aliphatic heterocycles. The van der Waals surface area contributed by atoms with Gasteiger partial charge in [-0.25, -0.2) is 9.97 Å². The third kappa shape index (κ3) is 2.81. The molecular weight excluding hydrogens is 368 g/mol. The molecule has 140 valence electrons. The van der Waals surface area contributed by atoms with E-state index in [4.69, 9.17) is 4.98 Å². The first-order chi connectivity index (χ1) is 13.7. The number of rotatable bonds is 3. The molecule has 0 unspecified atom stereocenters. The topological polar surface area (TPSA) is 51.0 Å². The molecule has 0 saturated heterocycles. The fourth-order valence-corrected chi connectivity index (χ4v) is 4.56. The van der Waals surface area contributed by atoms with E-state index in [2.05, 4.69) is 24.0 Å². The molecule has 0 bridgehead atoms. The number of aryl methyl sites for hydroxylation is 1. The van der Waals surface area contributed by atoms with E-state index < -0.39 is 0 Å². The highest BCUT2D eigenvalue weighted by Crippen LogP contribution is 2.32. The normalized spacial score (nSPS) is 16.3. The Morgan fingerprint density at radius 1 is 1.18 bits per heavy atom. The molecule has 0 N–H and O–H groups in total. The lowest BCUT2D eigenvalue weighted by atomic mass is 9.96. The number of thiazole rings is 1. The van der Waals surface area contributed by atoms with Gasteiger partial charge in [-0.2, -0.15) is 0 Å². The van der Waals surface area contributed by atoms with Crippen molar-refractivity contribution in [1.29, 1.82) is 0 Å². The first-order valence-electron chi connectivity index (χ1n) is 9.46. The minimum absolute atomic E-state index is 0.0827. The maximum Gasteiger partial charge on any atom is 0.247 e. The van der Waals surface area contributed by atoms with E-state index in [1.165, 1.54) is 16.9 Å². The van der Waals surface area contributed by atoms with Gasteiger partial charge in [0.15, 0.2) is 5.82 Å². The van der Waals surface area contributed by atoms with Crippen molar-refractivity contribution in [1.82, 2.24) is 14.5 Å². The van der Waals surface area contributed by atoms with Gasteiger partial charge in [0.05, 0.1) is 16.5 Å². The van der Waals surface area contributed by atoms with Crippen molar-refractivity contribution < 1.29 is 4.79 Å². The molecule has 0 fully saturated rings. The second kappa shape index (κ2) is 6.87. The van der Waals surface area contributed by atoms with Crippen LogP contribution in [0.1, 0.15) is 18.9 Å². The van der Waals surface area contributed by atoms with E-state index in [0.29, 0.717) is 0 Å². The van der Waals surface area contributed by atoms with E-state index in [0.717, 1.165) is 41.1 Å². The lowest BCUT2D eigenvalue weighted by Gasteiger charge is -2.35. The molecule has 0 aliphatic carbocycles. The number of anilines is 1. The zero-order chi connectivity index (χ0) is 19.1. The Bertz CT molecular complexity index is 1150. The van der Waals surface area contributed by atoms with Gasteiger partial charge in [-0.05, 0) is 43.5 Å². The Hall–Kier alpha value is -2.99. The van der Waals surface area contributed by atoms with Crippen LogP contribution in [0, 0.1) is 0 Å². The molecule has 1 aliphatic rings. The largest absolute Gasteiger partial charge is 0.313 e. The van der Waals surface area contributed by atoms with Gasteiger partial charge in [0.2, 0.25) is 5.91 Å². The van der Waals surface area contributed by atoms with Crippen molar-refractivity contribution in [2.75, 3.05) is 4.90 Å². The number of aromatic nitrogens is 3. The first-order valence-corrected chi connectivity index (χ1v) is 10.4. The molecular formula is C22H20N4OS. The van der Waals surface area contributed by atoms with E-state index in [1.807, 2.05) is 51.2 Å². The van der Waals surface area contributed by atoms with Crippen LogP contribution in [0.3, 0.4) is 0 Å². The van der Waals surface area contributed by atoms with Gasteiger partial charge in [-0.3, -0.25) is 4.79 Å². The van der Waals surface area contributed by atoms with Gasteiger partial charge in [-0.1, -0.05) is 30.3 Å². The molecule has 5 rings (SSSR count). The lowest BCUT2D eigenvalue weighted by molar-refractivity contribution is -0.119. The summed E-state index contributed by atoms with van der Waals surface area (Å²) in [5.74, 6) is 0.827. The summed E-state index contributed by atoms with van der Waals surface area (Å²) in [6, 6.07) is 16.3. The van der Waals surface area contributed by atoms with Crippen LogP contribution in [0.5, 0.6) is 0 Å². The summed E-state index contributed by atoms with van der Waals surface area (Å²) >= 11 is 1.53. The fourth-order valence-electron chi connectivity index (χ4n) is 4.03. The van der Waals surface area contributed by atoms with Crippen LogP contribution in [0.15, 0.2) is 59.4 Å². The minimum atomic E-state index is 0.0827. The van der Waals surface area contributed by atoms with E-state index in [-0.39, 0.29) is 18.5 Å². The van der Waals surface area contributed by atoms with Crippen molar-refractivity contribution in [2.45, 2.75) is 32.4 Å². The zero-order valence-electron chi connectivity index (χ0n) is 15.6. The lowest BCUT2D eigenvalue weighted by Crippen LogP contribution is -2.43. The molecule has 28 heavy (non-hydrogen) atoms. The Morgan fingerprint density at radius 3 is 2.86 bits per heavy atom. The molecule has 0 spiro atoms. The number of benzene rings is 2. The second-order valence-corrected chi connectivity index (χ2v) is 7.88. The molecule has 0 saturated carbocycles. The number of hydrogen-bond donors (Lipinski definition) is 0. The van der Waals surface area contributed by atoms with Gasteiger partial charge >= 0.3 is 0 Å². The smallest absolute Gasteiger partial charge is 0.247 e. The van der Waals surface area contributed by atoms with Crippen LogP contribution >= 0.6 is 11.3 Å². The number of hydrogen-bond acceptors (Lipinski definition) is 4. The number of imidazole rings is 1. The van der Waals surface area contributed by atoms with Crippen LogP contribution in [0.2, 0.25) is 0 Å². The van der Waals surface area contributed by atoms with Crippen LogP contribution in [-0.4, -0.2) is 26.5 Å². The number of fused-ring (bicyclic) bond motifs is 2. The van der Waals surface area contributed by atoms with Crippen molar-refractivity contribution in [3.63, 3.8) is 0 Å². The SMILES string of the molecule is C[C@@H]1CCc2ccccc2N1C(=O)Cn1c(-c2cscn2)nc2ccccc21. The quantitative estimate of drug-likeness (QED) is 0.518. The summed E-state index contributed by atoms with van der Waals surface area (Å²) < 4.78 is 2.00. The Labute approximate surface area is 167 Å². The van der Waals surface area contributed by atoms with E-state index in [9.17, 15) is 4.79 Å². The van der Waals surface area contributed by atoms with Crippen LogP contribution in [0.4, 0.5) is 5.69 Å². The standard InChI is InChI=1S/C22H20N4OS/c1-15-10-11-16-6-2-4-8-19(16)26(15)21(27)12-25-20-9-5-3-7-17(20)24-22(25)18-13-28-14-23-18/h2-9,13-15H,10-12H2,1H3/t15-/m1/s1. The molecule has 0 radical (unpaired) electrons. The second-order valence-electron chi connectivity index (χ2n) is 7.16. The molecule has 1 amide bonds. The molecule has 5 nitrogen and oxygen atoms in total. The number of nitrogens with zero attached hydrogens (tertiary/aromatic N) is 4. The average molecular weight is 388 g/mol. The summed E-state index contributed by atoms with van der Waals surface area (Å²) in [5, 5.41) is 1.97. The molecule has 6 heteroatoms. The van der Waals surface area contributed by atoms with Crippen LogP contribution < -0.4 is 4.90 Å². The molecule has 1 atom stereocenters. The van der Waals surface area contributed by atoms with Crippen molar-refractivity contribution in [3.05, 3.63) is 65.0 Å². The Balaban J connectivity index is 1.57. The van der Waals surface area contributed by atoms with Crippen LogP contribution in [0.25, 0.3) is 22.6 Å². The summed E-state index contributed by atoms with van der Waals surface area (Å²) in [5.41, 5.74) is 6.71. The monoisotopic (exact) mass is 388 g/mol. The van der Waals surface area contributed by atoms with E-state index >= 15 is 0 Å². The molecule has 3 heterocycles. The van der Waals surface area contributed by atoms with Gasteiger partial charge in [0, 0.05) is 17.1 Å². The highest BCUT2D eigenvalue weighted by atomic mass is 32.1. The van der Waals surface area contributed by atoms with Crippen molar-refractivity contribution >= 4 is 34.0 Å². The van der Waals surface area contributed by atoms with Crippen LogP contribution in [-0.2, 0) is 17.8 Å². The van der Waals surface area contributed by atoms with Crippen molar-refractivity contribution in [2.24, 2.45) is 0 Å². The highest BCUT2D eigenvalue weighted by Gasteiger charge is 2.29. The zero-order valence-corrected chi connectivity index (χ0v) is 16.4. The minimum Gasteiger partial charge on any atom is -0.313 e. The predicted molar refractivity (Wildman–Crippen MR) is 113 cm³/mol. The maximum atomic E-state index is 13.5. The molecule has 2 aromatic heterocycles. The fraction of sp³-hybridized carbons (Fsp3) is 0.227. The third-order valence-corrected chi connectivity index (χ3v) is 5.99. The number of para-hydroxylation sites is 3.